The average Bonchev–Trinajstić information content (AvgIpc) is 2.81. The van der Waals surface area contributed by atoms with E-state index in [1.165, 1.54) is 0 Å². The highest BCUT2D eigenvalue weighted by Crippen LogP contribution is 2.42. The van der Waals surface area contributed by atoms with Crippen molar-refractivity contribution >= 4 is 34.4 Å². The Labute approximate surface area is 256 Å². The summed E-state index contributed by atoms with van der Waals surface area (Å²) >= 11 is 2.31. The molecule has 1 fully saturated rings. The van der Waals surface area contributed by atoms with Gasteiger partial charge in [-0.3, -0.25) is 4.99 Å². The Morgan fingerprint density at radius 3 is 2.25 bits per heavy atom. The van der Waals surface area contributed by atoms with Crippen molar-refractivity contribution in [1.29, 1.82) is 0 Å². The summed E-state index contributed by atoms with van der Waals surface area (Å²) in [4.78, 5) is 19.3. The number of hydrogen-bond acceptors (Lipinski definition) is 3. The first-order chi connectivity index (χ1) is 18.3. The fraction of sp³-hybridized carbons (Fsp3) is 0.697. The minimum atomic E-state index is -2.58. The van der Waals surface area contributed by atoms with Gasteiger partial charge in [-0.2, -0.15) is 0 Å². The Balaban J connectivity index is 3.30. The average molecular weight is 675 g/mol. The van der Waals surface area contributed by atoms with Crippen LogP contribution in [0.1, 0.15) is 101 Å². The van der Waals surface area contributed by atoms with Crippen LogP contribution in [0, 0.1) is 17.8 Å². The lowest BCUT2D eigenvalue weighted by Crippen LogP contribution is -2.44. The molecule has 0 aromatic heterocycles. The summed E-state index contributed by atoms with van der Waals surface area (Å²) in [5, 5.41) is 0. The summed E-state index contributed by atoms with van der Waals surface area (Å²) in [5.74, 6) is -2.31. The van der Waals surface area contributed by atoms with Crippen molar-refractivity contribution in [2.24, 2.45) is 22.7 Å². The van der Waals surface area contributed by atoms with Gasteiger partial charge in [0.15, 0.2) is 0 Å². The second kappa shape index (κ2) is 15.6. The molecule has 0 radical (unpaired) electrons. The minimum absolute atomic E-state index is 0.00957. The molecule has 0 heterocycles. The third kappa shape index (κ3) is 11.8. The molecule has 0 spiro atoms. The number of nitrogens with zero attached hydrogens (tertiary/aromatic N) is 2. The number of ether oxygens (including phenoxy) is 1. The zero-order chi connectivity index (χ0) is 31.0. The Morgan fingerprint density at radius 1 is 1.18 bits per heavy atom. The standard InChI is InChI=1S/C33H53F2IN2O2/c1-21(2)20-38(31(39)40-32(9,10)11)25(7)16-15-23(5)29(22(3)4)30(26(8)37-12)28(36)18-24(6)27-14-13-17-33(34,35)19-27/h18,21,24-25,27H,3,5,13-17,19-20H2,1-2,4,6-12H3/b28-18+,30-29-,37-26-/t24?,25-,27?/m1/s1. The van der Waals surface area contributed by atoms with Crippen LogP contribution in [0.4, 0.5) is 13.6 Å². The molecule has 1 rings (SSSR count). The van der Waals surface area contributed by atoms with Crippen molar-refractivity contribution in [3.63, 3.8) is 0 Å². The van der Waals surface area contributed by atoms with Crippen LogP contribution in [-0.4, -0.2) is 47.9 Å². The fourth-order valence-electron chi connectivity index (χ4n) is 5.20. The number of carbonyl (C=O) groups excluding carboxylic acids is 1. The first-order valence-electron chi connectivity index (χ1n) is 14.6. The number of hydrogen-bond donors (Lipinski definition) is 0. The predicted molar refractivity (Wildman–Crippen MR) is 175 cm³/mol. The van der Waals surface area contributed by atoms with E-state index >= 15 is 0 Å². The molecule has 0 aliphatic heterocycles. The van der Waals surface area contributed by atoms with Crippen LogP contribution in [0.15, 0.2) is 50.1 Å². The maximum atomic E-state index is 14.1. The number of allylic oxidation sites excluding steroid dienone is 6. The van der Waals surface area contributed by atoms with E-state index in [9.17, 15) is 13.6 Å². The molecule has 1 aliphatic carbocycles. The van der Waals surface area contributed by atoms with Crippen molar-refractivity contribution in [3.8, 4) is 0 Å². The minimum Gasteiger partial charge on any atom is -0.444 e. The summed E-state index contributed by atoms with van der Waals surface area (Å²) in [5.41, 5.74) is 3.99. The smallest absolute Gasteiger partial charge is 0.410 e. The zero-order valence-corrected chi connectivity index (χ0v) is 28.8. The van der Waals surface area contributed by atoms with Crippen LogP contribution in [0.25, 0.3) is 0 Å². The quantitative estimate of drug-likeness (QED) is 0.117. The summed E-state index contributed by atoms with van der Waals surface area (Å²) in [7, 11) is 1.76. The van der Waals surface area contributed by atoms with E-state index in [4.69, 9.17) is 4.74 Å². The molecule has 0 N–H and O–H groups in total. The third-order valence-corrected chi connectivity index (χ3v) is 8.28. The van der Waals surface area contributed by atoms with Gasteiger partial charge >= 0.3 is 6.09 Å². The molecule has 228 valence electrons. The maximum absolute atomic E-state index is 14.1. The Kier molecular flexibility index (Phi) is 14.3. The van der Waals surface area contributed by atoms with Gasteiger partial charge in [0.25, 0.3) is 0 Å². The maximum Gasteiger partial charge on any atom is 0.410 e. The number of aliphatic imine (C=N–C) groups is 1. The van der Waals surface area contributed by atoms with Crippen LogP contribution in [-0.2, 0) is 4.74 Å². The van der Waals surface area contributed by atoms with E-state index in [2.05, 4.69) is 67.6 Å². The van der Waals surface area contributed by atoms with Crippen LogP contribution >= 0.6 is 22.6 Å². The molecule has 0 aromatic carbocycles. The van der Waals surface area contributed by atoms with Gasteiger partial charge in [-0.15, -0.1) is 0 Å². The molecule has 3 atom stereocenters. The lowest BCUT2D eigenvalue weighted by molar-refractivity contribution is -0.0577. The number of amides is 1. The zero-order valence-electron chi connectivity index (χ0n) is 26.6. The van der Waals surface area contributed by atoms with Gasteiger partial charge in [0, 0.05) is 47.3 Å². The molecule has 7 heteroatoms. The highest BCUT2D eigenvalue weighted by Gasteiger charge is 2.38. The van der Waals surface area contributed by atoms with Crippen molar-refractivity contribution in [3.05, 3.63) is 45.1 Å². The van der Waals surface area contributed by atoms with E-state index in [-0.39, 0.29) is 36.8 Å². The first-order valence-corrected chi connectivity index (χ1v) is 15.6. The Bertz CT molecular complexity index is 1000. The normalized spacial score (nSPS) is 20.5. The second-order valence-electron chi connectivity index (χ2n) is 12.9. The van der Waals surface area contributed by atoms with Gasteiger partial charge < -0.3 is 9.64 Å². The predicted octanol–water partition coefficient (Wildman–Crippen LogP) is 10.3. The number of halogens is 3. The molecular weight excluding hydrogens is 621 g/mol. The summed E-state index contributed by atoms with van der Waals surface area (Å²) in [6, 6.07) is -0.0487. The lowest BCUT2D eigenvalue weighted by atomic mass is 9.78. The van der Waals surface area contributed by atoms with Crippen LogP contribution in [0.3, 0.4) is 0 Å². The van der Waals surface area contributed by atoms with Gasteiger partial charge in [-0.1, -0.05) is 45.6 Å². The second-order valence-corrected chi connectivity index (χ2v) is 14.1. The van der Waals surface area contributed by atoms with Crippen molar-refractivity contribution in [2.75, 3.05) is 13.6 Å². The Morgan fingerprint density at radius 2 is 1.77 bits per heavy atom. The summed E-state index contributed by atoms with van der Waals surface area (Å²) in [6.45, 7) is 27.2. The van der Waals surface area contributed by atoms with E-state index in [0.717, 1.165) is 38.0 Å². The van der Waals surface area contributed by atoms with Crippen molar-refractivity contribution in [1.82, 2.24) is 4.90 Å². The van der Waals surface area contributed by atoms with Gasteiger partial charge in [0.05, 0.1) is 0 Å². The van der Waals surface area contributed by atoms with E-state index in [1.807, 2.05) is 46.4 Å². The third-order valence-electron chi connectivity index (χ3n) is 7.38. The summed E-state index contributed by atoms with van der Waals surface area (Å²) < 4.78 is 34.9. The van der Waals surface area contributed by atoms with E-state index in [1.54, 1.807) is 7.05 Å². The van der Waals surface area contributed by atoms with E-state index < -0.39 is 11.5 Å². The van der Waals surface area contributed by atoms with Gasteiger partial charge in [-0.05, 0) is 119 Å². The summed E-state index contributed by atoms with van der Waals surface area (Å²) in [6.07, 6.45) is 4.50. The molecular formula is C33H53F2IN2O2. The molecule has 2 unspecified atom stereocenters. The highest BCUT2D eigenvalue weighted by atomic mass is 127. The monoisotopic (exact) mass is 674 g/mol. The lowest BCUT2D eigenvalue weighted by Gasteiger charge is -2.33. The Hall–Kier alpha value is -1.51. The fourth-order valence-corrected chi connectivity index (χ4v) is 6.43. The molecule has 0 saturated heterocycles. The molecule has 0 aromatic rings. The molecule has 4 nitrogen and oxygen atoms in total. The highest BCUT2D eigenvalue weighted by molar-refractivity contribution is 14.1. The van der Waals surface area contributed by atoms with Crippen LogP contribution in [0.5, 0.6) is 0 Å². The van der Waals surface area contributed by atoms with Gasteiger partial charge in [0.1, 0.15) is 5.60 Å². The van der Waals surface area contributed by atoms with Crippen LogP contribution in [0.2, 0.25) is 0 Å². The number of rotatable bonds is 12. The topological polar surface area (TPSA) is 41.9 Å². The SMILES string of the molecule is C=C(C)/C(C(=C)CC[C@@H](C)N(CC(C)C)C(=O)OC(C)(C)C)=C(C(\C)=N/C)/C(I)=C\C(C)C1CCCC(F)(F)C1. The van der Waals surface area contributed by atoms with Gasteiger partial charge in [0.2, 0.25) is 5.92 Å². The molecule has 0 bridgehead atoms. The van der Waals surface area contributed by atoms with E-state index in [0.29, 0.717) is 31.7 Å². The van der Waals surface area contributed by atoms with Crippen LogP contribution < -0.4 is 0 Å². The van der Waals surface area contributed by atoms with Crippen molar-refractivity contribution < 1.29 is 18.3 Å². The number of alkyl halides is 2. The number of carbonyl (C=O) groups is 1. The van der Waals surface area contributed by atoms with Gasteiger partial charge in [-0.25, -0.2) is 13.6 Å². The largest absolute Gasteiger partial charge is 0.444 e. The molecule has 40 heavy (non-hydrogen) atoms. The molecule has 1 aliphatic rings. The molecule has 1 amide bonds. The molecule has 1 saturated carbocycles. The van der Waals surface area contributed by atoms with Crippen molar-refractivity contribution in [2.45, 2.75) is 118 Å². The first kappa shape index (κ1) is 36.5.